The van der Waals surface area contributed by atoms with Gasteiger partial charge in [0.15, 0.2) is 0 Å². The molecule has 0 aromatic rings. The van der Waals surface area contributed by atoms with Crippen LogP contribution in [-0.4, -0.2) is 49.3 Å². The van der Waals surface area contributed by atoms with Gasteiger partial charge in [-0.3, -0.25) is 4.90 Å². The van der Waals surface area contributed by atoms with Crippen molar-refractivity contribution in [2.45, 2.75) is 59.8 Å². The predicted octanol–water partition coefficient (Wildman–Crippen LogP) is 2.37. The summed E-state index contributed by atoms with van der Waals surface area (Å²) in [6.45, 7) is 17.9. The first-order valence-corrected chi connectivity index (χ1v) is 7.50. The van der Waals surface area contributed by atoms with Gasteiger partial charge in [-0.25, -0.2) is 0 Å². The lowest BCUT2D eigenvalue weighted by Crippen LogP contribution is -2.54. The predicted molar refractivity (Wildman–Crippen MR) is 77.9 cm³/mol. The maximum Gasteiger partial charge on any atom is 0.0678 e. The van der Waals surface area contributed by atoms with Crippen molar-refractivity contribution in [3.05, 3.63) is 0 Å². The Kier molecular flexibility index (Phi) is 6.61. The van der Waals surface area contributed by atoms with Crippen LogP contribution in [0.5, 0.6) is 0 Å². The molecule has 108 valence electrons. The minimum Gasteiger partial charge on any atom is -0.373 e. The zero-order chi connectivity index (χ0) is 13.7. The average Bonchev–Trinajstić information content (AvgIpc) is 2.21. The summed E-state index contributed by atoms with van der Waals surface area (Å²) in [5, 5.41) is 3.61. The zero-order valence-corrected chi connectivity index (χ0v) is 13.1. The van der Waals surface area contributed by atoms with Crippen LogP contribution in [0.1, 0.15) is 41.5 Å². The summed E-state index contributed by atoms with van der Waals surface area (Å²) in [5.74, 6) is 1.41. The minimum absolute atomic E-state index is 0.361. The zero-order valence-electron chi connectivity index (χ0n) is 13.1. The highest BCUT2D eigenvalue weighted by Crippen LogP contribution is 2.18. The van der Waals surface area contributed by atoms with Crippen LogP contribution in [0.4, 0.5) is 0 Å². The van der Waals surface area contributed by atoms with Crippen molar-refractivity contribution in [3.63, 3.8) is 0 Å². The second kappa shape index (κ2) is 7.46. The fourth-order valence-electron chi connectivity index (χ4n) is 2.79. The van der Waals surface area contributed by atoms with Crippen molar-refractivity contribution in [2.24, 2.45) is 11.8 Å². The second-order valence-electron chi connectivity index (χ2n) is 6.57. The van der Waals surface area contributed by atoms with Gasteiger partial charge in [-0.1, -0.05) is 27.7 Å². The lowest BCUT2D eigenvalue weighted by Gasteiger charge is -2.42. The van der Waals surface area contributed by atoms with Crippen molar-refractivity contribution >= 4 is 0 Å². The Hall–Kier alpha value is -0.120. The van der Waals surface area contributed by atoms with Crippen LogP contribution >= 0.6 is 0 Å². The standard InChI is InChI=1S/C15H32N2O/c1-11(2)7-16-8-15(12(3)4)17-9-13(5)18-14(6)10-17/h11-16H,7-10H2,1-6H3. The number of rotatable bonds is 6. The van der Waals surface area contributed by atoms with Crippen LogP contribution in [0.15, 0.2) is 0 Å². The van der Waals surface area contributed by atoms with Gasteiger partial charge in [0.05, 0.1) is 12.2 Å². The molecule has 0 aliphatic carbocycles. The first-order chi connectivity index (χ1) is 8.40. The number of ether oxygens (including phenoxy) is 1. The largest absolute Gasteiger partial charge is 0.373 e. The number of nitrogens with one attached hydrogen (secondary N) is 1. The Morgan fingerprint density at radius 1 is 1.06 bits per heavy atom. The Morgan fingerprint density at radius 2 is 1.61 bits per heavy atom. The van der Waals surface area contributed by atoms with Gasteiger partial charge in [0, 0.05) is 25.7 Å². The summed E-state index contributed by atoms with van der Waals surface area (Å²) in [6, 6.07) is 0.623. The van der Waals surface area contributed by atoms with Crippen molar-refractivity contribution in [1.82, 2.24) is 10.2 Å². The molecular formula is C15H32N2O. The van der Waals surface area contributed by atoms with Crippen molar-refractivity contribution in [2.75, 3.05) is 26.2 Å². The van der Waals surface area contributed by atoms with Crippen LogP contribution in [-0.2, 0) is 4.74 Å². The van der Waals surface area contributed by atoms with E-state index in [1.54, 1.807) is 0 Å². The maximum atomic E-state index is 5.83. The number of hydrogen-bond donors (Lipinski definition) is 1. The van der Waals surface area contributed by atoms with E-state index in [2.05, 4.69) is 51.8 Å². The van der Waals surface area contributed by atoms with Crippen molar-refractivity contribution < 1.29 is 4.74 Å². The highest BCUT2D eigenvalue weighted by atomic mass is 16.5. The molecule has 3 atom stereocenters. The summed E-state index contributed by atoms with van der Waals surface area (Å²) in [4.78, 5) is 2.61. The summed E-state index contributed by atoms with van der Waals surface area (Å²) >= 11 is 0. The fraction of sp³-hybridized carbons (Fsp3) is 1.00. The van der Waals surface area contributed by atoms with Crippen LogP contribution in [0.3, 0.4) is 0 Å². The molecule has 1 aliphatic heterocycles. The van der Waals surface area contributed by atoms with Gasteiger partial charge in [-0.2, -0.15) is 0 Å². The van der Waals surface area contributed by atoms with E-state index in [-0.39, 0.29) is 0 Å². The molecule has 1 N–H and O–H groups in total. The molecule has 0 bridgehead atoms. The molecule has 3 nitrogen and oxygen atoms in total. The third kappa shape index (κ3) is 5.25. The average molecular weight is 256 g/mol. The van der Waals surface area contributed by atoms with Crippen molar-refractivity contribution in [1.29, 1.82) is 0 Å². The van der Waals surface area contributed by atoms with E-state index in [9.17, 15) is 0 Å². The van der Waals surface area contributed by atoms with Crippen LogP contribution in [0, 0.1) is 11.8 Å². The lowest BCUT2D eigenvalue weighted by molar-refractivity contribution is -0.0851. The van der Waals surface area contributed by atoms with Gasteiger partial charge in [0.25, 0.3) is 0 Å². The molecule has 1 heterocycles. The van der Waals surface area contributed by atoms with E-state index in [1.165, 1.54) is 0 Å². The van der Waals surface area contributed by atoms with Gasteiger partial charge >= 0.3 is 0 Å². The number of nitrogens with zero attached hydrogens (tertiary/aromatic N) is 1. The molecule has 1 rings (SSSR count). The van der Waals surface area contributed by atoms with Gasteiger partial charge < -0.3 is 10.1 Å². The molecule has 1 fully saturated rings. The first-order valence-electron chi connectivity index (χ1n) is 7.50. The normalized spacial score (nSPS) is 28.0. The van der Waals surface area contributed by atoms with E-state index in [0.717, 1.165) is 32.1 Å². The Bertz CT molecular complexity index is 221. The highest BCUT2D eigenvalue weighted by Gasteiger charge is 2.29. The molecule has 1 aliphatic rings. The molecule has 0 aromatic carbocycles. The Morgan fingerprint density at radius 3 is 2.06 bits per heavy atom. The third-order valence-corrected chi connectivity index (χ3v) is 3.59. The maximum absolute atomic E-state index is 5.83. The smallest absolute Gasteiger partial charge is 0.0678 e. The molecule has 18 heavy (non-hydrogen) atoms. The molecule has 3 heteroatoms. The van der Waals surface area contributed by atoms with Crippen molar-refractivity contribution in [3.8, 4) is 0 Å². The van der Waals surface area contributed by atoms with E-state index in [4.69, 9.17) is 4.74 Å². The topological polar surface area (TPSA) is 24.5 Å². The van der Waals surface area contributed by atoms with E-state index < -0.39 is 0 Å². The van der Waals surface area contributed by atoms with Crippen LogP contribution < -0.4 is 5.32 Å². The van der Waals surface area contributed by atoms with E-state index in [0.29, 0.717) is 24.2 Å². The molecule has 3 unspecified atom stereocenters. The summed E-state index contributed by atoms with van der Waals surface area (Å²) in [7, 11) is 0. The molecule has 0 saturated carbocycles. The van der Waals surface area contributed by atoms with Gasteiger partial charge in [0.2, 0.25) is 0 Å². The third-order valence-electron chi connectivity index (χ3n) is 3.59. The van der Waals surface area contributed by atoms with E-state index >= 15 is 0 Å². The SMILES string of the molecule is CC(C)CNCC(C(C)C)N1CC(C)OC(C)C1. The van der Waals surface area contributed by atoms with Crippen LogP contribution in [0.2, 0.25) is 0 Å². The van der Waals surface area contributed by atoms with Gasteiger partial charge in [0.1, 0.15) is 0 Å². The summed E-state index contributed by atoms with van der Waals surface area (Å²) in [5.41, 5.74) is 0. The lowest BCUT2D eigenvalue weighted by atomic mass is 10.00. The molecule has 0 aromatic heterocycles. The second-order valence-corrected chi connectivity index (χ2v) is 6.57. The quantitative estimate of drug-likeness (QED) is 0.789. The summed E-state index contributed by atoms with van der Waals surface area (Å²) < 4.78 is 5.83. The molecule has 1 saturated heterocycles. The molecule has 0 amide bonds. The number of morpholine rings is 1. The Labute approximate surface area is 113 Å². The first kappa shape index (κ1) is 15.9. The minimum atomic E-state index is 0.361. The Balaban J connectivity index is 2.49. The monoisotopic (exact) mass is 256 g/mol. The highest BCUT2D eigenvalue weighted by molar-refractivity contribution is 4.83. The molecule has 0 radical (unpaired) electrons. The molecule has 0 spiro atoms. The van der Waals surface area contributed by atoms with Gasteiger partial charge in [-0.15, -0.1) is 0 Å². The molecular weight excluding hydrogens is 224 g/mol. The summed E-state index contributed by atoms with van der Waals surface area (Å²) in [6.07, 6.45) is 0.722. The van der Waals surface area contributed by atoms with Crippen LogP contribution in [0.25, 0.3) is 0 Å². The van der Waals surface area contributed by atoms with Gasteiger partial charge in [-0.05, 0) is 32.2 Å². The van der Waals surface area contributed by atoms with E-state index in [1.807, 2.05) is 0 Å². The number of hydrogen-bond acceptors (Lipinski definition) is 3. The fourth-order valence-corrected chi connectivity index (χ4v) is 2.79.